The lowest BCUT2D eigenvalue weighted by molar-refractivity contribution is 0.193. The van der Waals surface area contributed by atoms with E-state index in [4.69, 9.17) is 4.43 Å². The molecule has 0 aromatic heterocycles. The molecule has 0 aliphatic rings. The summed E-state index contributed by atoms with van der Waals surface area (Å²) in [6, 6.07) is 0.712. The average molecular weight is 371 g/mol. The molecular weight excluding hydrogens is 353 g/mol. The van der Waals surface area contributed by atoms with Crippen LogP contribution in [0.2, 0.25) is 19.1 Å². The van der Waals surface area contributed by atoms with E-state index < -0.39 is 49.2 Å². The third kappa shape index (κ3) is 5.16. The highest BCUT2D eigenvalue weighted by Gasteiger charge is 2.28. The van der Waals surface area contributed by atoms with Crippen LogP contribution in [-0.4, -0.2) is 27.6 Å². The number of carbonyl (C=O) groups excluding carboxylic acids is 1. The van der Waals surface area contributed by atoms with Crippen molar-refractivity contribution in [1.29, 1.82) is 0 Å². The molecule has 0 saturated heterocycles. The number of benzene rings is 1. The molecule has 0 aliphatic carbocycles. The molecule has 0 aliphatic heterocycles. The minimum Gasteiger partial charge on any atom is -0.418 e. The van der Waals surface area contributed by atoms with Crippen molar-refractivity contribution in [2.45, 2.75) is 32.5 Å². The van der Waals surface area contributed by atoms with E-state index >= 15 is 0 Å². The molecule has 136 valence electrons. The number of nitrogens with one attached hydrogen (secondary N) is 1. The minimum atomic E-state index is -2.32. The molecule has 0 saturated carbocycles. The first kappa shape index (κ1) is 20.4. The largest absolute Gasteiger partial charge is 0.418 e. The van der Waals surface area contributed by atoms with Crippen molar-refractivity contribution in [2.75, 3.05) is 13.2 Å². The molecule has 1 rings (SSSR count). The quantitative estimate of drug-likeness (QED) is 0.258. The van der Waals surface area contributed by atoms with Gasteiger partial charge in [-0.3, -0.25) is 0 Å². The Bertz CT molecular complexity index is 584. The Hall–Kier alpha value is -1.68. The predicted molar refractivity (Wildman–Crippen MR) is 78.8 cm³/mol. The van der Waals surface area contributed by atoms with Gasteiger partial charge in [-0.15, -0.1) is 0 Å². The van der Waals surface area contributed by atoms with Crippen LogP contribution in [0, 0.1) is 29.1 Å². The van der Waals surface area contributed by atoms with Crippen LogP contribution < -0.4 is 10.1 Å². The first-order chi connectivity index (χ1) is 11.1. The van der Waals surface area contributed by atoms with E-state index in [1.165, 1.54) is 0 Å². The summed E-state index contributed by atoms with van der Waals surface area (Å²) in [5.74, 6) is -12.7. The van der Waals surface area contributed by atoms with Crippen LogP contribution in [0.4, 0.5) is 26.7 Å². The summed E-state index contributed by atoms with van der Waals surface area (Å²) in [6.45, 7) is 6.54. The number of halogens is 5. The summed E-state index contributed by atoms with van der Waals surface area (Å²) in [6.07, 6.45) is -0.792. The summed E-state index contributed by atoms with van der Waals surface area (Å²) in [5.41, 5.74) is 0. The van der Waals surface area contributed by atoms with Crippen molar-refractivity contribution < 1.29 is 35.9 Å². The highest BCUT2D eigenvalue weighted by Crippen LogP contribution is 2.29. The van der Waals surface area contributed by atoms with Gasteiger partial charge in [-0.1, -0.05) is 0 Å². The van der Waals surface area contributed by atoms with Gasteiger partial charge in [0.2, 0.25) is 34.8 Å². The third-order valence-corrected chi connectivity index (χ3v) is 5.75. The Labute approximate surface area is 137 Å². The van der Waals surface area contributed by atoms with Crippen molar-refractivity contribution in [3.8, 4) is 5.75 Å². The fourth-order valence-corrected chi connectivity index (χ4v) is 3.92. The van der Waals surface area contributed by atoms with E-state index in [0.29, 0.717) is 19.1 Å². The van der Waals surface area contributed by atoms with Crippen molar-refractivity contribution >= 4 is 14.4 Å². The Morgan fingerprint density at radius 1 is 1.00 bits per heavy atom. The number of amides is 1. The Morgan fingerprint density at radius 2 is 1.50 bits per heavy atom. The summed E-state index contributed by atoms with van der Waals surface area (Å²) < 4.78 is 75.3. The Balaban J connectivity index is 2.61. The van der Waals surface area contributed by atoms with Crippen LogP contribution in [0.25, 0.3) is 0 Å². The van der Waals surface area contributed by atoms with Crippen LogP contribution in [0.15, 0.2) is 0 Å². The number of ether oxygens (including phenoxy) is 1. The van der Waals surface area contributed by atoms with E-state index in [1.807, 2.05) is 20.0 Å². The average Bonchev–Trinajstić information content (AvgIpc) is 2.52. The molecule has 10 heteroatoms. The molecule has 0 fully saturated rings. The van der Waals surface area contributed by atoms with Crippen LogP contribution in [-0.2, 0) is 4.43 Å². The second-order valence-corrected chi connectivity index (χ2v) is 9.82. The molecule has 0 radical (unpaired) electrons. The molecule has 4 nitrogen and oxygen atoms in total. The zero-order valence-electron chi connectivity index (χ0n) is 13.4. The summed E-state index contributed by atoms with van der Waals surface area (Å²) in [7, 11) is -1.84. The van der Waals surface area contributed by atoms with Gasteiger partial charge in [0.1, 0.15) is 0 Å². The Morgan fingerprint density at radius 3 is 2.00 bits per heavy atom. The van der Waals surface area contributed by atoms with E-state index in [-0.39, 0.29) is 6.54 Å². The van der Waals surface area contributed by atoms with Crippen LogP contribution in [0.5, 0.6) is 5.75 Å². The van der Waals surface area contributed by atoms with E-state index in [1.54, 1.807) is 0 Å². The first-order valence-electron chi connectivity index (χ1n) is 7.21. The van der Waals surface area contributed by atoms with Gasteiger partial charge in [0.15, 0.2) is 8.32 Å². The maximum absolute atomic E-state index is 13.4. The van der Waals surface area contributed by atoms with Gasteiger partial charge in [-0.2, -0.15) is 8.78 Å². The third-order valence-electron chi connectivity index (χ3n) is 3.12. The van der Waals surface area contributed by atoms with E-state index in [2.05, 4.69) is 10.1 Å². The van der Waals surface area contributed by atoms with Crippen LogP contribution in [0.1, 0.15) is 13.3 Å². The van der Waals surface area contributed by atoms with Gasteiger partial charge in [0, 0.05) is 13.2 Å². The molecule has 24 heavy (non-hydrogen) atoms. The monoisotopic (exact) mass is 371 g/mol. The molecule has 1 aromatic carbocycles. The topological polar surface area (TPSA) is 47.6 Å². The lowest BCUT2D eigenvalue weighted by Crippen LogP contribution is -2.33. The molecule has 0 spiro atoms. The number of carbonyl (C=O) groups is 1. The van der Waals surface area contributed by atoms with Gasteiger partial charge in [0.25, 0.3) is 0 Å². The van der Waals surface area contributed by atoms with Gasteiger partial charge in [-0.05, 0) is 32.5 Å². The molecule has 1 amide bonds. The van der Waals surface area contributed by atoms with Crippen molar-refractivity contribution in [3.63, 3.8) is 0 Å². The molecule has 1 N–H and O–H groups in total. The molecule has 0 bridgehead atoms. The predicted octanol–water partition coefficient (Wildman–Crippen LogP) is 4.10. The smallest absolute Gasteiger partial charge is 0.412 e. The fraction of sp³-hybridized carbons (Fsp3) is 0.500. The van der Waals surface area contributed by atoms with Crippen molar-refractivity contribution in [1.82, 2.24) is 5.32 Å². The molecule has 0 heterocycles. The minimum absolute atomic E-state index is 0.109. The van der Waals surface area contributed by atoms with Crippen molar-refractivity contribution in [2.24, 2.45) is 0 Å². The summed E-state index contributed by atoms with van der Waals surface area (Å²) in [5, 5.41) is 2.19. The normalized spacial score (nSPS) is 11.5. The van der Waals surface area contributed by atoms with Gasteiger partial charge < -0.3 is 14.5 Å². The molecule has 0 unspecified atom stereocenters. The second-order valence-electron chi connectivity index (χ2n) is 5.51. The van der Waals surface area contributed by atoms with Crippen LogP contribution >= 0.6 is 0 Å². The van der Waals surface area contributed by atoms with E-state index in [9.17, 15) is 26.7 Å². The zero-order chi connectivity index (χ0) is 18.5. The van der Waals surface area contributed by atoms with E-state index in [0.717, 1.165) is 0 Å². The van der Waals surface area contributed by atoms with Gasteiger partial charge in [0.05, 0.1) is 0 Å². The van der Waals surface area contributed by atoms with Crippen LogP contribution in [0.3, 0.4) is 0 Å². The number of hydrogen-bond donors (Lipinski definition) is 1. The molecular formula is C14H18F5NO3Si. The highest BCUT2D eigenvalue weighted by atomic mass is 28.4. The SMILES string of the molecule is CCO[Si](C)(C)CCCNC(=O)Oc1c(F)c(F)c(F)c(F)c1F. The maximum atomic E-state index is 13.4. The Kier molecular flexibility index (Phi) is 7.15. The highest BCUT2D eigenvalue weighted by molar-refractivity contribution is 6.71. The zero-order valence-corrected chi connectivity index (χ0v) is 14.4. The van der Waals surface area contributed by atoms with Gasteiger partial charge in [-0.25, -0.2) is 18.0 Å². The first-order valence-corrected chi connectivity index (χ1v) is 10.3. The standard InChI is InChI=1S/C14H18F5NO3Si/c1-4-22-24(2,3)7-5-6-20-14(21)23-13-11(18)9(16)8(15)10(17)12(13)19/h4-7H2,1-3H3,(H,20,21). The molecule has 1 aromatic rings. The summed E-state index contributed by atoms with van der Waals surface area (Å²) in [4.78, 5) is 11.4. The molecule has 0 atom stereocenters. The van der Waals surface area contributed by atoms with Crippen molar-refractivity contribution in [3.05, 3.63) is 29.1 Å². The summed E-state index contributed by atoms with van der Waals surface area (Å²) >= 11 is 0. The lowest BCUT2D eigenvalue weighted by Gasteiger charge is -2.21. The number of rotatable bonds is 7. The fourth-order valence-electron chi connectivity index (χ4n) is 1.97. The lowest BCUT2D eigenvalue weighted by atomic mass is 10.2. The maximum Gasteiger partial charge on any atom is 0.412 e. The number of hydrogen-bond acceptors (Lipinski definition) is 3. The second kappa shape index (κ2) is 8.43. The van der Waals surface area contributed by atoms with Gasteiger partial charge >= 0.3 is 6.09 Å².